The molecule has 0 aromatic carbocycles. The monoisotopic (exact) mass is 430 g/mol. The molecule has 0 radical (unpaired) electrons. The summed E-state index contributed by atoms with van der Waals surface area (Å²) in [5.74, 6) is -0.858. The molecule has 28 heavy (non-hydrogen) atoms. The van der Waals surface area contributed by atoms with E-state index in [4.69, 9.17) is 0 Å². The molecule has 9 nitrogen and oxygen atoms in total. The molecule has 0 spiro atoms. The molecule has 0 aromatic heterocycles. The summed E-state index contributed by atoms with van der Waals surface area (Å²) >= 11 is 0. The van der Waals surface area contributed by atoms with Crippen molar-refractivity contribution in [3.63, 3.8) is 0 Å². The van der Waals surface area contributed by atoms with Gasteiger partial charge in [0.25, 0.3) is 0 Å². The van der Waals surface area contributed by atoms with Crippen LogP contribution >= 0.6 is 0 Å². The molecule has 10 heteroatoms. The fourth-order valence-corrected chi connectivity index (χ4v) is 3.47. The van der Waals surface area contributed by atoms with Crippen molar-refractivity contribution in [1.82, 2.24) is 19.6 Å². The van der Waals surface area contributed by atoms with E-state index < -0.39 is 24.7 Å². The van der Waals surface area contributed by atoms with Crippen molar-refractivity contribution in [2.45, 2.75) is 26.0 Å². The molecule has 4 N–H and O–H groups in total. The van der Waals surface area contributed by atoms with Crippen LogP contribution in [0, 0.1) is 0 Å². The molecule has 0 bridgehead atoms. The average molecular weight is 431 g/mol. The number of hydrogen-bond donors (Lipinski definition) is 4. The fraction of sp³-hybridized carbons (Fsp3) is 0.944. The van der Waals surface area contributed by atoms with Gasteiger partial charge in [0.05, 0.1) is 31.9 Å². The van der Waals surface area contributed by atoms with Gasteiger partial charge in [-0.25, -0.2) is 0 Å². The summed E-state index contributed by atoms with van der Waals surface area (Å²) in [4.78, 5) is 19.8. The topological polar surface area (TPSA) is 111 Å². The quantitative estimate of drug-likeness (QED) is 0.315. The van der Waals surface area contributed by atoms with E-state index in [2.05, 4.69) is 23.6 Å². The number of likely N-dealkylation sites (N-methyl/N-ethyl adjacent to an activating group) is 2. The molecule has 1 heterocycles. The summed E-state index contributed by atoms with van der Waals surface area (Å²) in [5.41, 5.74) is 0. The van der Waals surface area contributed by atoms with Crippen LogP contribution in [-0.4, -0.2) is 181 Å². The summed E-state index contributed by atoms with van der Waals surface area (Å²) in [7, 11) is 0. The number of carboxylic acids is 1. The first-order valence-electron chi connectivity index (χ1n) is 9.97. The first kappa shape index (κ1) is 28.4. The van der Waals surface area contributed by atoms with Gasteiger partial charge in [-0.1, -0.05) is 13.8 Å². The molecule has 1 aliphatic heterocycles. The van der Waals surface area contributed by atoms with Crippen LogP contribution in [0.5, 0.6) is 0 Å². The van der Waals surface area contributed by atoms with Crippen molar-refractivity contribution < 1.29 is 25.2 Å². The standard InChI is InChI=1S/C18H38N4O5.Ca/c1-3-19-5-6-20(4-2)9-11-22(16(14-23)17(25)15-24)12-10-21(8-7-19)13-18(26)27;/h16-17,23-25H,3-15H2,1-2H3,(H,26,27);/q;+2. The van der Waals surface area contributed by atoms with Gasteiger partial charge in [-0.15, -0.1) is 0 Å². The maximum atomic E-state index is 11.2. The van der Waals surface area contributed by atoms with Crippen LogP contribution in [0.25, 0.3) is 0 Å². The smallest absolute Gasteiger partial charge is 0.480 e. The largest absolute Gasteiger partial charge is 2.00 e. The molecule has 160 valence electrons. The predicted molar refractivity (Wildman–Crippen MR) is 110 cm³/mol. The van der Waals surface area contributed by atoms with Gasteiger partial charge < -0.3 is 30.2 Å². The van der Waals surface area contributed by atoms with Crippen LogP contribution in [-0.2, 0) is 4.79 Å². The van der Waals surface area contributed by atoms with Gasteiger partial charge in [-0.3, -0.25) is 14.6 Å². The van der Waals surface area contributed by atoms with Crippen molar-refractivity contribution in [3.8, 4) is 0 Å². The zero-order valence-electron chi connectivity index (χ0n) is 17.5. The molecule has 1 rings (SSSR count). The minimum absolute atomic E-state index is 0. The third-order valence-electron chi connectivity index (χ3n) is 5.41. The Morgan fingerprint density at radius 1 is 0.821 bits per heavy atom. The van der Waals surface area contributed by atoms with E-state index in [0.717, 1.165) is 39.3 Å². The van der Waals surface area contributed by atoms with Gasteiger partial charge in [-0.05, 0) is 13.1 Å². The van der Waals surface area contributed by atoms with E-state index in [1.54, 1.807) is 0 Å². The van der Waals surface area contributed by atoms with E-state index in [1.165, 1.54) is 0 Å². The Kier molecular flexibility index (Phi) is 16.4. The second-order valence-electron chi connectivity index (χ2n) is 7.07. The summed E-state index contributed by atoms with van der Waals surface area (Å²) < 4.78 is 0. The third-order valence-corrected chi connectivity index (χ3v) is 5.41. The van der Waals surface area contributed by atoms with E-state index in [1.807, 2.05) is 9.80 Å². The SMILES string of the molecule is CCN1CCN(CC)CCN(C(CO)C(O)CO)CCN(CC(=O)O)CC1.[Ca+2]. The molecular weight excluding hydrogens is 392 g/mol. The maximum Gasteiger partial charge on any atom is 2.00 e. The third kappa shape index (κ3) is 10.5. The molecule has 0 aliphatic carbocycles. The molecule has 2 atom stereocenters. The van der Waals surface area contributed by atoms with Crippen molar-refractivity contribution >= 4 is 43.7 Å². The first-order valence-corrected chi connectivity index (χ1v) is 9.97. The van der Waals surface area contributed by atoms with Crippen LogP contribution in [0.1, 0.15) is 13.8 Å². The molecule has 0 saturated carbocycles. The molecule has 1 aliphatic rings. The number of rotatable bonds is 8. The van der Waals surface area contributed by atoms with Gasteiger partial charge >= 0.3 is 43.7 Å². The van der Waals surface area contributed by atoms with Gasteiger partial charge in [0.1, 0.15) is 0 Å². The summed E-state index contributed by atoms with van der Waals surface area (Å²) in [5, 5.41) is 38.3. The summed E-state index contributed by atoms with van der Waals surface area (Å²) in [6, 6.07) is -0.560. The number of aliphatic hydroxyl groups excluding tert-OH is 3. The van der Waals surface area contributed by atoms with Gasteiger partial charge in [0.2, 0.25) is 0 Å². The Balaban J connectivity index is 0.00000729. The van der Waals surface area contributed by atoms with Gasteiger partial charge in [0.15, 0.2) is 0 Å². The van der Waals surface area contributed by atoms with Gasteiger partial charge in [0, 0.05) is 52.4 Å². The van der Waals surface area contributed by atoms with Crippen LogP contribution in [0.3, 0.4) is 0 Å². The number of carboxylic acid groups (broad SMARTS) is 1. The number of aliphatic carboxylic acids is 1. The van der Waals surface area contributed by atoms with Crippen molar-refractivity contribution in [2.24, 2.45) is 0 Å². The second kappa shape index (κ2) is 16.2. The molecular formula is C18H38CaN4O5+2. The molecule has 1 fully saturated rings. The first-order chi connectivity index (χ1) is 12.9. The van der Waals surface area contributed by atoms with Crippen LogP contribution < -0.4 is 0 Å². The predicted octanol–water partition coefficient (Wildman–Crippen LogP) is -2.33. The van der Waals surface area contributed by atoms with Gasteiger partial charge in [-0.2, -0.15) is 0 Å². The number of carbonyl (C=O) groups is 1. The zero-order chi connectivity index (χ0) is 20.2. The van der Waals surface area contributed by atoms with E-state index in [9.17, 15) is 25.2 Å². The Bertz CT molecular complexity index is 421. The molecule has 0 aromatic rings. The Labute approximate surface area is 198 Å². The maximum absolute atomic E-state index is 11.2. The number of nitrogens with zero attached hydrogens (tertiary/aromatic N) is 4. The Morgan fingerprint density at radius 2 is 1.25 bits per heavy atom. The molecule has 2 unspecified atom stereocenters. The van der Waals surface area contributed by atoms with E-state index in [-0.39, 0.29) is 50.9 Å². The summed E-state index contributed by atoms with van der Waals surface area (Å²) in [6.45, 7) is 11.2. The van der Waals surface area contributed by atoms with Crippen LogP contribution in [0.15, 0.2) is 0 Å². The van der Waals surface area contributed by atoms with Crippen LogP contribution in [0.4, 0.5) is 0 Å². The van der Waals surface area contributed by atoms with Crippen molar-refractivity contribution in [2.75, 3.05) is 85.2 Å². The average Bonchev–Trinajstić information content (AvgIpc) is 2.65. The van der Waals surface area contributed by atoms with E-state index >= 15 is 0 Å². The minimum atomic E-state index is -1.03. The second-order valence-corrected chi connectivity index (χ2v) is 7.07. The van der Waals surface area contributed by atoms with Crippen molar-refractivity contribution in [1.29, 1.82) is 0 Å². The van der Waals surface area contributed by atoms with Crippen molar-refractivity contribution in [3.05, 3.63) is 0 Å². The minimum Gasteiger partial charge on any atom is -0.480 e. The fourth-order valence-electron chi connectivity index (χ4n) is 3.47. The van der Waals surface area contributed by atoms with E-state index in [0.29, 0.717) is 26.2 Å². The molecule has 1 saturated heterocycles. The summed E-state index contributed by atoms with van der Waals surface area (Å²) in [6.07, 6.45) is -1.03. The Hall–Kier alpha value is 0.450. The van der Waals surface area contributed by atoms with Crippen LogP contribution in [0.2, 0.25) is 0 Å². The normalized spacial score (nSPS) is 21.9. The Morgan fingerprint density at radius 3 is 1.64 bits per heavy atom. The number of aliphatic hydroxyl groups is 3. The number of hydrogen-bond acceptors (Lipinski definition) is 8. The molecule has 0 amide bonds. The zero-order valence-corrected chi connectivity index (χ0v) is 19.7.